The molecule has 1 amide bonds. The number of nitrogens with zero attached hydrogens (tertiary/aromatic N) is 2. The summed E-state index contributed by atoms with van der Waals surface area (Å²) in [4.78, 5) is 28.0. The fourth-order valence-electron chi connectivity index (χ4n) is 3.11. The minimum atomic E-state index is -0.348. The summed E-state index contributed by atoms with van der Waals surface area (Å²) in [6.45, 7) is 2.46. The summed E-state index contributed by atoms with van der Waals surface area (Å²) in [6, 6.07) is 10.8. The molecule has 4 rings (SSSR count). The van der Waals surface area contributed by atoms with Crippen LogP contribution in [0.2, 0.25) is 0 Å². The maximum absolute atomic E-state index is 12.3. The highest BCUT2D eigenvalue weighted by atomic mass is 16.6. The van der Waals surface area contributed by atoms with Gasteiger partial charge in [0, 0.05) is 31.7 Å². The normalized spacial score (nSPS) is 21.1. The predicted octanol–water partition coefficient (Wildman–Crippen LogP) is 1.91. The third-order valence-electron chi connectivity index (χ3n) is 4.33. The van der Waals surface area contributed by atoms with E-state index >= 15 is 0 Å². The van der Waals surface area contributed by atoms with E-state index in [1.807, 2.05) is 18.2 Å². The highest BCUT2D eigenvalue weighted by Crippen LogP contribution is 2.33. The van der Waals surface area contributed by atoms with E-state index in [2.05, 4.69) is 4.90 Å². The van der Waals surface area contributed by atoms with Crippen LogP contribution in [0.5, 0.6) is 0 Å². The number of amides is 1. The number of cyclic esters (lactones) is 1. The summed E-state index contributed by atoms with van der Waals surface area (Å²) in [7, 11) is 0. The summed E-state index contributed by atoms with van der Waals surface area (Å²) in [6.07, 6.45) is 1.15. The molecule has 6 nitrogen and oxygen atoms in total. The van der Waals surface area contributed by atoms with E-state index < -0.39 is 0 Å². The van der Waals surface area contributed by atoms with Gasteiger partial charge in [-0.1, -0.05) is 18.2 Å². The van der Waals surface area contributed by atoms with Crippen molar-refractivity contribution in [2.24, 2.45) is 0 Å². The van der Waals surface area contributed by atoms with Crippen molar-refractivity contribution < 1.29 is 18.7 Å². The summed E-state index contributed by atoms with van der Waals surface area (Å²) < 4.78 is 10.7. The monoisotopic (exact) mass is 312 g/mol. The number of carbonyl (C=O) groups excluding carboxylic acids is 2. The topological polar surface area (TPSA) is 63.0 Å². The lowest BCUT2D eigenvalue weighted by Gasteiger charge is -2.36. The molecular formula is C17H16N2O4. The van der Waals surface area contributed by atoms with Crippen molar-refractivity contribution in [3.8, 4) is 0 Å². The minimum Gasteiger partial charge on any atom is -0.459 e. The second kappa shape index (κ2) is 5.55. The van der Waals surface area contributed by atoms with Gasteiger partial charge in [-0.15, -0.1) is 0 Å². The van der Waals surface area contributed by atoms with Gasteiger partial charge in [0.05, 0.1) is 11.8 Å². The second-order valence-corrected chi connectivity index (χ2v) is 5.65. The molecule has 1 atom stereocenters. The molecule has 3 heterocycles. The van der Waals surface area contributed by atoms with Gasteiger partial charge < -0.3 is 14.1 Å². The Labute approximate surface area is 133 Å². The van der Waals surface area contributed by atoms with Crippen LogP contribution in [-0.2, 0) is 4.74 Å². The van der Waals surface area contributed by atoms with Gasteiger partial charge in [-0.25, -0.2) is 4.79 Å². The van der Waals surface area contributed by atoms with Crippen molar-refractivity contribution in [1.82, 2.24) is 9.80 Å². The lowest BCUT2D eigenvalue weighted by Crippen LogP contribution is -2.49. The number of piperazine rings is 1. The van der Waals surface area contributed by atoms with Gasteiger partial charge in [0.25, 0.3) is 5.91 Å². The summed E-state index contributed by atoms with van der Waals surface area (Å²) in [5.74, 6) is -0.0192. The summed E-state index contributed by atoms with van der Waals surface area (Å²) >= 11 is 0. The van der Waals surface area contributed by atoms with Crippen molar-refractivity contribution in [3.63, 3.8) is 0 Å². The van der Waals surface area contributed by atoms with E-state index in [9.17, 15) is 9.59 Å². The molecule has 0 aliphatic carbocycles. The number of hydrogen-bond acceptors (Lipinski definition) is 5. The number of rotatable bonds is 2. The van der Waals surface area contributed by atoms with Gasteiger partial charge in [-0.3, -0.25) is 9.69 Å². The van der Waals surface area contributed by atoms with Crippen LogP contribution in [0.25, 0.3) is 0 Å². The molecule has 1 aromatic heterocycles. The van der Waals surface area contributed by atoms with E-state index in [1.165, 1.54) is 6.26 Å². The van der Waals surface area contributed by atoms with Crippen molar-refractivity contribution in [1.29, 1.82) is 0 Å². The molecule has 0 spiro atoms. The second-order valence-electron chi connectivity index (χ2n) is 5.65. The van der Waals surface area contributed by atoms with Crippen LogP contribution in [-0.4, -0.2) is 47.9 Å². The zero-order valence-electron chi connectivity index (χ0n) is 12.5. The van der Waals surface area contributed by atoms with Crippen molar-refractivity contribution in [2.75, 3.05) is 26.2 Å². The minimum absolute atomic E-state index is 0.0986. The third kappa shape index (κ3) is 2.41. The molecule has 1 fully saturated rings. The van der Waals surface area contributed by atoms with E-state index in [0.717, 1.165) is 5.56 Å². The number of esters is 1. The number of carbonyl (C=O) groups is 2. The molecule has 0 saturated carbocycles. The average molecular weight is 312 g/mol. The number of benzene rings is 1. The van der Waals surface area contributed by atoms with Crippen LogP contribution in [0.15, 0.2) is 47.1 Å². The van der Waals surface area contributed by atoms with E-state index in [-0.39, 0.29) is 18.1 Å². The first-order chi connectivity index (χ1) is 11.2. The van der Waals surface area contributed by atoms with Crippen molar-refractivity contribution in [2.45, 2.75) is 6.23 Å². The van der Waals surface area contributed by atoms with Crippen LogP contribution in [0.1, 0.15) is 32.7 Å². The highest BCUT2D eigenvalue weighted by Gasteiger charge is 2.37. The van der Waals surface area contributed by atoms with E-state index in [1.54, 1.807) is 23.1 Å². The van der Waals surface area contributed by atoms with Crippen LogP contribution < -0.4 is 0 Å². The molecular weight excluding hydrogens is 296 g/mol. The Balaban J connectivity index is 1.45. The molecule has 1 saturated heterocycles. The maximum Gasteiger partial charge on any atom is 0.340 e. The first-order valence-electron chi connectivity index (χ1n) is 7.61. The van der Waals surface area contributed by atoms with Gasteiger partial charge in [-0.2, -0.15) is 0 Å². The maximum atomic E-state index is 12.3. The van der Waals surface area contributed by atoms with Crippen molar-refractivity contribution in [3.05, 3.63) is 59.5 Å². The Morgan fingerprint density at radius 1 is 1.04 bits per heavy atom. The van der Waals surface area contributed by atoms with Gasteiger partial charge in [0.15, 0.2) is 12.0 Å². The Morgan fingerprint density at radius 2 is 1.83 bits per heavy atom. The Morgan fingerprint density at radius 3 is 2.57 bits per heavy atom. The summed E-state index contributed by atoms with van der Waals surface area (Å²) in [5.41, 5.74) is 1.54. The first kappa shape index (κ1) is 14.0. The lowest BCUT2D eigenvalue weighted by atomic mass is 10.1. The molecule has 1 aromatic carbocycles. The van der Waals surface area contributed by atoms with E-state index in [4.69, 9.17) is 9.15 Å². The summed E-state index contributed by atoms with van der Waals surface area (Å²) in [5, 5.41) is 0. The number of ether oxygens (including phenoxy) is 1. The molecule has 0 bridgehead atoms. The zero-order chi connectivity index (χ0) is 15.8. The Kier molecular flexibility index (Phi) is 3.38. The number of fused-ring (bicyclic) bond motifs is 1. The van der Waals surface area contributed by atoms with Crippen LogP contribution in [0.4, 0.5) is 0 Å². The Bertz CT molecular complexity index is 733. The number of furan rings is 1. The molecule has 0 unspecified atom stereocenters. The highest BCUT2D eigenvalue weighted by molar-refractivity contribution is 5.94. The molecule has 0 radical (unpaired) electrons. The van der Waals surface area contributed by atoms with Crippen molar-refractivity contribution >= 4 is 11.9 Å². The smallest absolute Gasteiger partial charge is 0.340 e. The molecule has 2 aliphatic rings. The standard InChI is InChI=1S/C17H16N2O4/c20-15(14-6-3-11-22-14)18-7-9-19(10-8-18)16-12-4-1-2-5-13(12)17(21)23-16/h1-6,11,16H,7-10H2/t16-/m1/s1. The van der Waals surface area contributed by atoms with Crippen LogP contribution >= 0.6 is 0 Å². The molecule has 0 N–H and O–H groups in total. The van der Waals surface area contributed by atoms with Gasteiger partial charge in [0.2, 0.25) is 0 Å². The molecule has 2 aromatic rings. The molecule has 2 aliphatic heterocycles. The predicted molar refractivity (Wildman–Crippen MR) is 80.8 cm³/mol. The molecule has 6 heteroatoms. The van der Waals surface area contributed by atoms with E-state index in [0.29, 0.717) is 37.5 Å². The molecule has 23 heavy (non-hydrogen) atoms. The first-order valence-corrected chi connectivity index (χ1v) is 7.61. The Hall–Kier alpha value is -2.60. The number of hydrogen-bond donors (Lipinski definition) is 0. The average Bonchev–Trinajstić information content (AvgIpc) is 3.23. The van der Waals surface area contributed by atoms with Gasteiger partial charge in [0.1, 0.15) is 0 Å². The lowest BCUT2D eigenvalue weighted by molar-refractivity contribution is -0.0388. The third-order valence-corrected chi connectivity index (χ3v) is 4.33. The fraction of sp³-hybridized carbons (Fsp3) is 0.294. The van der Waals surface area contributed by atoms with Gasteiger partial charge in [-0.05, 0) is 18.2 Å². The largest absolute Gasteiger partial charge is 0.459 e. The molecule has 118 valence electrons. The quantitative estimate of drug-likeness (QED) is 0.793. The SMILES string of the molecule is O=C1O[C@@H](N2CCN(C(=O)c3ccco3)CC2)c2ccccc21. The fourth-order valence-corrected chi connectivity index (χ4v) is 3.11. The van der Waals surface area contributed by atoms with Crippen LogP contribution in [0.3, 0.4) is 0 Å². The van der Waals surface area contributed by atoms with Gasteiger partial charge >= 0.3 is 5.97 Å². The zero-order valence-corrected chi connectivity index (χ0v) is 12.5. The van der Waals surface area contributed by atoms with Crippen LogP contribution in [0, 0.1) is 0 Å².